The Morgan fingerprint density at radius 1 is 1.47 bits per heavy atom. The van der Waals surface area contributed by atoms with Crippen LogP contribution in [0.4, 0.5) is 0 Å². The van der Waals surface area contributed by atoms with Crippen molar-refractivity contribution in [3.8, 4) is 0 Å². The van der Waals surface area contributed by atoms with E-state index in [9.17, 15) is 0 Å². The fraction of sp³-hybridized carbons (Fsp3) is 0.308. The summed E-state index contributed by atoms with van der Waals surface area (Å²) in [6.07, 6.45) is 1.86. The van der Waals surface area contributed by atoms with Gasteiger partial charge in [-0.15, -0.1) is 22.7 Å². The molecule has 0 radical (unpaired) electrons. The van der Waals surface area contributed by atoms with Crippen LogP contribution in [0.15, 0.2) is 28.2 Å². The molecule has 0 fully saturated rings. The molecule has 0 aromatic carbocycles. The predicted octanol–water partition coefficient (Wildman–Crippen LogP) is 4.16. The van der Waals surface area contributed by atoms with E-state index < -0.39 is 0 Å². The topological polar surface area (TPSA) is 29.9 Å². The van der Waals surface area contributed by atoms with E-state index in [0.29, 0.717) is 0 Å². The third-order valence-corrected chi connectivity index (χ3v) is 5.83. The molecular weight excluding hydrogens is 342 g/mol. The second-order valence-corrected chi connectivity index (χ2v) is 7.21. The van der Waals surface area contributed by atoms with Crippen molar-refractivity contribution < 1.29 is 0 Å². The quantitative estimate of drug-likeness (QED) is 0.761. The fourth-order valence-corrected chi connectivity index (χ4v) is 4.98. The monoisotopic (exact) mass is 355 g/mol. The standard InChI is InChI=1S/C13H14BrN3S2/c1-3-15-12(13-8(14)7-16-17(13)2)11-6-10-9(19-11)4-5-18-10/h4-7,12,15H,3H2,1-2H3. The lowest BCUT2D eigenvalue weighted by atomic mass is 10.1. The maximum absolute atomic E-state index is 4.32. The van der Waals surface area contributed by atoms with Crippen molar-refractivity contribution in [2.75, 3.05) is 6.54 Å². The summed E-state index contributed by atoms with van der Waals surface area (Å²) < 4.78 is 5.71. The molecule has 3 nitrogen and oxygen atoms in total. The third-order valence-electron chi connectivity index (χ3n) is 3.06. The van der Waals surface area contributed by atoms with Gasteiger partial charge in [0.25, 0.3) is 0 Å². The van der Waals surface area contributed by atoms with Gasteiger partial charge in [0.15, 0.2) is 0 Å². The minimum atomic E-state index is 0.191. The lowest BCUT2D eigenvalue weighted by Crippen LogP contribution is -2.23. The van der Waals surface area contributed by atoms with E-state index >= 15 is 0 Å². The van der Waals surface area contributed by atoms with Crippen molar-refractivity contribution in [1.29, 1.82) is 0 Å². The van der Waals surface area contributed by atoms with Gasteiger partial charge in [-0.25, -0.2) is 0 Å². The zero-order chi connectivity index (χ0) is 13.4. The van der Waals surface area contributed by atoms with Crippen LogP contribution in [0.2, 0.25) is 0 Å². The first kappa shape index (κ1) is 13.3. The van der Waals surface area contributed by atoms with Gasteiger partial charge in [0, 0.05) is 21.3 Å². The van der Waals surface area contributed by atoms with Gasteiger partial charge in [-0.05, 0) is 40.0 Å². The second kappa shape index (κ2) is 5.36. The lowest BCUT2D eigenvalue weighted by Gasteiger charge is -2.17. The first-order valence-electron chi connectivity index (χ1n) is 6.08. The van der Waals surface area contributed by atoms with E-state index in [2.05, 4.69) is 50.8 Å². The third kappa shape index (κ3) is 2.38. The number of thiophene rings is 2. The van der Waals surface area contributed by atoms with Gasteiger partial charge in [0.05, 0.1) is 22.4 Å². The highest BCUT2D eigenvalue weighted by Crippen LogP contribution is 2.37. The maximum atomic E-state index is 4.32. The van der Waals surface area contributed by atoms with E-state index in [1.165, 1.54) is 20.0 Å². The van der Waals surface area contributed by atoms with Crippen LogP contribution < -0.4 is 5.32 Å². The van der Waals surface area contributed by atoms with E-state index in [1.54, 1.807) is 11.3 Å². The molecule has 0 spiro atoms. The average molecular weight is 356 g/mol. The second-order valence-electron chi connectivity index (χ2n) is 4.29. The van der Waals surface area contributed by atoms with Crippen molar-refractivity contribution in [1.82, 2.24) is 15.1 Å². The minimum Gasteiger partial charge on any atom is -0.305 e. The molecular formula is C13H14BrN3S2. The molecule has 19 heavy (non-hydrogen) atoms. The summed E-state index contributed by atoms with van der Waals surface area (Å²) in [5.41, 5.74) is 1.18. The van der Waals surface area contributed by atoms with Gasteiger partial charge >= 0.3 is 0 Å². The lowest BCUT2D eigenvalue weighted by molar-refractivity contribution is 0.577. The highest BCUT2D eigenvalue weighted by atomic mass is 79.9. The van der Waals surface area contributed by atoms with Crippen molar-refractivity contribution in [3.63, 3.8) is 0 Å². The Labute approximate surface area is 128 Å². The smallest absolute Gasteiger partial charge is 0.0853 e. The van der Waals surface area contributed by atoms with Crippen molar-refractivity contribution in [3.05, 3.63) is 38.8 Å². The number of halogens is 1. The van der Waals surface area contributed by atoms with Crippen LogP contribution >= 0.6 is 38.6 Å². The SMILES string of the molecule is CCNC(c1cc2sccc2s1)c1c(Br)cnn1C. The molecule has 3 aromatic heterocycles. The largest absolute Gasteiger partial charge is 0.305 e. The molecule has 0 aliphatic rings. The number of hydrogen-bond donors (Lipinski definition) is 1. The molecule has 0 aliphatic heterocycles. The molecule has 3 heterocycles. The Balaban J connectivity index is 2.08. The van der Waals surface area contributed by atoms with Crippen molar-refractivity contribution >= 4 is 48.0 Å². The molecule has 0 saturated carbocycles. The van der Waals surface area contributed by atoms with Gasteiger partial charge in [0.2, 0.25) is 0 Å². The van der Waals surface area contributed by atoms with Crippen LogP contribution in [0.1, 0.15) is 23.5 Å². The van der Waals surface area contributed by atoms with E-state index in [1.807, 2.05) is 29.3 Å². The van der Waals surface area contributed by atoms with Gasteiger partial charge < -0.3 is 5.32 Å². The molecule has 0 amide bonds. The van der Waals surface area contributed by atoms with Gasteiger partial charge in [-0.1, -0.05) is 6.92 Å². The number of nitrogens with zero attached hydrogens (tertiary/aromatic N) is 2. The molecule has 1 N–H and O–H groups in total. The Morgan fingerprint density at radius 2 is 2.32 bits per heavy atom. The molecule has 3 rings (SSSR count). The van der Waals surface area contributed by atoms with Gasteiger partial charge in [0.1, 0.15) is 0 Å². The Kier molecular flexibility index (Phi) is 3.75. The van der Waals surface area contributed by atoms with Crippen LogP contribution in [0.5, 0.6) is 0 Å². The summed E-state index contributed by atoms with van der Waals surface area (Å²) in [4.78, 5) is 1.34. The molecule has 1 atom stereocenters. The molecule has 0 aliphatic carbocycles. The molecule has 0 saturated heterocycles. The minimum absolute atomic E-state index is 0.191. The summed E-state index contributed by atoms with van der Waals surface area (Å²) in [6.45, 7) is 3.06. The van der Waals surface area contributed by atoms with Gasteiger partial charge in [-0.2, -0.15) is 5.10 Å². The van der Waals surface area contributed by atoms with Crippen molar-refractivity contribution in [2.45, 2.75) is 13.0 Å². The first-order chi connectivity index (χ1) is 9.20. The van der Waals surface area contributed by atoms with Crippen LogP contribution in [0.3, 0.4) is 0 Å². The van der Waals surface area contributed by atoms with Crippen molar-refractivity contribution in [2.24, 2.45) is 7.05 Å². The number of fused-ring (bicyclic) bond motifs is 1. The molecule has 6 heteroatoms. The number of rotatable bonds is 4. The number of nitrogens with one attached hydrogen (secondary N) is 1. The Bertz CT molecular complexity index is 650. The number of aromatic nitrogens is 2. The summed E-state index contributed by atoms with van der Waals surface area (Å²) in [5.74, 6) is 0. The predicted molar refractivity (Wildman–Crippen MR) is 86.1 cm³/mol. The molecule has 1 unspecified atom stereocenters. The summed E-state index contributed by atoms with van der Waals surface area (Å²) in [7, 11) is 1.99. The van der Waals surface area contributed by atoms with E-state index in [4.69, 9.17) is 0 Å². The Hall–Kier alpha value is -0.690. The zero-order valence-electron chi connectivity index (χ0n) is 10.7. The highest BCUT2D eigenvalue weighted by Gasteiger charge is 2.22. The zero-order valence-corrected chi connectivity index (χ0v) is 13.9. The summed E-state index contributed by atoms with van der Waals surface area (Å²) >= 11 is 7.25. The molecule has 3 aromatic rings. The summed E-state index contributed by atoms with van der Waals surface area (Å²) in [5, 5.41) is 10.0. The van der Waals surface area contributed by atoms with Crippen LogP contribution in [0.25, 0.3) is 9.40 Å². The average Bonchev–Trinajstić information content (AvgIpc) is 3.02. The normalized spacial score (nSPS) is 13.2. The number of hydrogen-bond acceptors (Lipinski definition) is 4. The number of aryl methyl sites for hydroxylation is 1. The van der Waals surface area contributed by atoms with Gasteiger partial charge in [-0.3, -0.25) is 4.68 Å². The van der Waals surface area contributed by atoms with E-state index in [0.717, 1.165) is 11.0 Å². The Morgan fingerprint density at radius 3 is 2.95 bits per heavy atom. The van der Waals surface area contributed by atoms with Crippen LogP contribution in [0, 0.1) is 0 Å². The van der Waals surface area contributed by atoms with E-state index in [-0.39, 0.29) is 6.04 Å². The molecule has 100 valence electrons. The first-order valence-corrected chi connectivity index (χ1v) is 8.57. The maximum Gasteiger partial charge on any atom is 0.0853 e. The fourth-order valence-electron chi connectivity index (χ4n) is 2.21. The summed E-state index contributed by atoms with van der Waals surface area (Å²) in [6, 6.07) is 4.67. The molecule has 0 bridgehead atoms. The van der Waals surface area contributed by atoms with Crippen LogP contribution in [-0.4, -0.2) is 16.3 Å². The van der Waals surface area contributed by atoms with Crippen LogP contribution in [-0.2, 0) is 7.05 Å². The highest BCUT2D eigenvalue weighted by molar-refractivity contribution is 9.10.